The Bertz CT molecular complexity index is 386. The molecule has 1 aromatic rings. The first-order valence-corrected chi connectivity index (χ1v) is 5.25. The number of benzene rings is 1. The molecule has 0 saturated heterocycles. The standard InChI is InChI=1S/C10H9BrF2O3/c1-2-16-10(15)9(14)5-3-6(12)8(11)7(13)4-5/h3-4,9,14H,2H2,1H3. The van der Waals surface area contributed by atoms with E-state index in [0.29, 0.717) is 0 Å². The molecule has 1 unspecified atom stereocenters. The molecule has 16 heavy (non-hydrogen) atoms. The molecule has 1 rings (SSSR count). The van der Waals surface area contributed by atoms with Gasteiger partial charge in [0, 0.05) is 0 Å². The summed E-state index contributed by atoms with van der Waals surface area (Å²) < 4.78 is 30.4. The van der Waals surface area contributed by atoms with Gasteiger partial charge in [0.15, 0.2) is 6.10 Å². The third kappa shape index (κ3) is 2.76. The second-order valence-electron chi connectivity index (χ2n) is 2.95. The topological polar surface area (TPSA) is 46.5 Å². The van der Waals surface area contributed by atoms with Crippen LogP contribution in [0.15, 0.2) is 16.6 Å². The van der Waals surface area contributed by atoms with E-state index in [0.717, 1.165) is 12.1 Å². The molecule has 0 heterocycles. The Morgan fingerprint density at radius 3 is 2.44 bits per heavy atom. The van der Waals surface area contributed by atoms with Gasteiger partial charge in [-0.25, -0.2) is 13.6 Å². The van der Waals surface area contributed by atoms with Crippen LogP contribution in [-0.2, 0) is 9.53 Å². The van der Waals surface area contributed by atoms with Crippen LogP contribution in [0.1, 0.15) is 18.6 Å². The molecule has 1 atom stereocenters. The predicted octanol–water partition coefficient (Wildman–Crippen LogP) is 2.32. The van der Waals surface area contributed by atoms with E-state index >= 15 is 0 Å². The number of aliphatic hydroxyl groups is 1. The number of hydrogen-bond acceptors (Lipinski definition) is 3. The Labute approximate surface area is 99.2 Å². The fourth-order valence-electron chi connectivity index (χ4n) is 1.09. The highest BCUT2D eigenvalue weighted by Gasteiger charge is 2.21. The van der Waals surface area contributed by atoms with Gasteiger partial charge in [-0.15, -0.1) is 0 Å². The highest BCUT2D eigenvalue weighted by Crippen LogP contribution is 2.24. The summed E-state index contributed by atoms with van der Waals surface area (Å²) in [5, 5.41) is 9.44. The molecule has 0 bridgehead atoms. The van der Waals surface area contributed by atoms with Crippen LogP contribution in [0.4, 0.5) is 8.78 Å². The van der Waals surface area contributed by atoms with Gasteiger partial charge in [-0.1, -0.05) is 0 Å². The van der Waals surface area contributed by atoms with Crippen LogP contribution in [0.5, 0.6) is 0 Å². The zero-order chi connectivity index (χ0) is 12.3. The van der Waals surface area contributed by atoms with E-state index in [4.69, 9.17) is 0 Å². The molecule has 0 aromatic heterocycles. The maximum Gasteiger partial charge on any atom is 0.339 e. The summed E-state index contributed by atoms with van der Waals surface area (Å²) in [7, 11) is 0. The summed E-state index contributed by atoms with van der Waals surface area (Å²) in [4.78, 5) is 11.1. The van der Waals surface area contributed by atoms with Crippen LogP contribution >= 0.6 is 15.9 Å². The molecule has 0 aliphatic heterocycles. The lowest BCUT2D eigenvalue weighted by atomic mass is 10.1. The van der Waals surface area contributed by atoms with E-state index in [2.05, 4.69) is 20.7 Å². The summed E-state index contributed by atoms with van der Waals surface area (Å²) in [5.41, 5.74) is -0.184. The Balaban J connectivity index is 3.01. The molecule has 0 fully saturated rings. The molecule has 0 aliphatic carbocycles. The van der Waals surface area contributed by atoms with Crippen molar-refractivity contribution in [3.63, 3.8) is 0 Å². The Kier molecular flexibility index (Phi) is 4.37. The van der Waals surface area contributed by atoms with Gasteiger partial charge in [0.25, 0.3) is 0 Å². The SMILES string of the molecule is CCOC(=O)C(O)c1cc(F)c(Br)c(F)c1. The van der Waals surface area contributed by atoms with Gasteiger partial charge in [-0.3, -0.25) is 0 Å². The molecule has 3 nitrogen and oxygen atoms in total. The second-order valence-corrected chi connectivity index (χ2v) is 3.75. The van der Waals surface area contributed by atoms with Crippen molar-refractivity contribution in [3.05, 3.63) is 33.8 Å². The molecule has 1 aromatic carbocycles. The number of carbonyl (C=O) groups is 1. The van der Waals surface area contributed by atoms with Crippen molar-refractivity contribution in [2.24, 2.45) is 0 Å². The highest BCUT2D eigenvalue weighted by molar-refractivity contribution is 9.10. The van der Waals surface area contributed by atoms with Crippen LogP contribution in [0, 0.1) is 11.6 Å². The van der Waals surface area contributed by atoms with Crippen LogP contribution in [0.3, 0.4) is 0 Å². The van der Waals surface area contributed by atoms with Crippen molar-refractivity contribution < 1.29 is 23.4 Å². The van der Waals surface area contributed by atoms with E-state index in [1.54, 1.807) is 6.92 Å². The Morgan fingerprint density at radius 2 is 2.00 bits per heavy atom. The molecular weight excluding hydrogens is 286 g/mol. The monoisotopic (exact) mass is 294 g/mol. The minimum atomic E-state index is -1.68. The van der Waals surface area contributed by atoms with Gasteiger partial charge >= 0.3 is 5.97 Å². The number of esters is 1. The normalized spacial score (nSPS) is 12.3. The fourth-order valence-corrected chi connectivity index (χ4v) is 1.32. The van der Waals surface area contributed by atoms with Crippen molar-refractivity contribution in [3.8, 4) is 0 Å². The quantitative estimate of drug-likeness (QED) is 0.687. The van der Waals surface area contributed by atoms with Gasteiger partial charge in [-0.2, -0.15) is 0 Å². The molecule has 0 spiro atoms. The highest BCUT2D eigenvalue weighted by atomic mass is 79.9. The summed E-state index contributed by atoms with van der Waals surface area (Å²) in [6, 6.07) is 1.74. The number of ether oxygens (including phenoxy) is 1. The van der Waals surface area contributed by atoms with E-state index < -0.39 is 23.7 Å². The zero-order valence-corrected chi connectivity index (χ0v) is 9.92. The lowest BCUT2D eigenvalue weighted by Gasteiger charge is -2.10. The summed E-state index contributed by atoms with van der Waals surface area (Å²) in [6.07, 6.45) is -1.68. The van der Waals surface area contributed by atoms with E-state index in [-0.39, 0.29) is 16.6 Å². The van der Waals surface area contributed by atoms with Crippen LogP contribution in [0.25, 0.3) is 0 Å². The van der Waals surface area contributed by atoms with E-state index in [1.165, 1.54) is 0 Å². The van der Waals surface area contributed by atoms with Crippen molar-refractivity contribution in [2.45, 2.75) is 13.0 Å². The van der Waals surface area contributed by atoms with Gasteiger partial charge < -0.3 is 9.84 Å². The van der Waals surface area contributed by atoms with E-state index in [1.807, 2.05) is 0 Å². The molecule has 0 aliphatic rings. The molecular formula is C10H9BrF2O3. The summed E-state index contributed by atoms with van der Waals surface area (Å²) in [6.45, 7) is 1.64. The Morgan fingerprint density at radius 1 is 1.50 bits per heavy atom. The van der Waals surface area contributed by atoms with Crippen LogP contribution in [0.2, 0.25) is 0 Å². The molecule has 0 radical (unpaired) electrons. The minimum Gasteiger partial charge on any atom is -0.464 e. The van der Waals surface area contributed by atoms with Gasteiger partial charge in [0.2, 0.25) is 0 Å². The predicted molar refractivity (Wildman–Crippen MR) is 55.7 cm³/mol. The minimum absolute atomic E-state index is 0.0807. The number of halogens is 3. The maximum atomic E-state index is 13.1. The van der Waals surface area contributed by atoms with Crippen molar-refractivity contribution in [2.75, 3.05) is 6.61 Å². The second kappa shape index (κ2) is 5.36. The third-order valence-electron chi connectivity index (χ3n) is 1.83. The van der Waals surface area contributed by atoms with Gasteiger partial charge in [-0.05, 0) is 40.5 Å². The average Bonchev–Trinajstić information content (AvgIpc) is 2.24. The van der Waals surface area contributed by atoms with E-state index in [9.17, 15) is 18.7 Å². The molecule has 0 amide bonds. The van der Waals surface area contributed by atoms with Crippen LogP contribution in [-0.4, -0.2) is 17.7 Å². The first-order valence-electron chi connectivity index (χ1n) is 4.46. The number of rotatable bonds is 3. The third-order valence-corrected chi connectivity index (χ3v) is 2.59. The maximum absolute atomic E-state index is 13.1. The zero-order valence-electron chi connectivity index (χ0n) is 8.34. The van der Waals surface area contributed by atoms with Crippen molar-refractivity contribution in [1.29, 1.82) is 0 Å². The lowest BCUT2D eigenvalue weighted by molar-refractivity contribution is -0.153. The van der Waals surface area contributed by atoms with Gasteiger partial charge in [0.05, 0.1) is 11.1 Å². The summed E-state index contributed by atoms with van der Waals surface area (Å²) in [5.74, 6) is -2.72. The molecule has 88 valence electrons. The molecule has 0 saturated carbocycles. The Hall–Kier alpha value is -1.01. The first kappa shape index (κ1) is 13.1. The smallest absolute Gasteiger partial charge is 0.339 e. The molecule has 1 N–H and O–H groups in total. The number of carbonyl (C=O) groups excluding carboxylic acids is 1. The largest absolute Gasteiger partial charge is 0.464 e. The van der Waals surface area contributed by atoms with Gasteiger partial charge in [0.1, 0.15) is 11.6 Å². The molecule has 6 heteroatoms. The fraction of sp³-hybridized carbons (Fsp3) is 0.300. The van der Waals surface area contributed by atoms with Crippen molar-refractivity contribution in [1.82, 2.24) is 0 Å². The summed E-state index contributed by atoms with van der Waals surface area (Å²) >= 11 is 2.68. The van der Waals surface area contributed by atoms with Crippen molar-refractivity contribution >= 4 is 21.9 Å². The number of aliphatic hydroxyl groups excluding tert-OH is 1. The average molecular weight is 295 g/mol. The van der Waals surface area contributed by atoms with Crippen LogP contribution < -0.4 is 0 Å². The lowest BCUT2D eigenvalue weighted by Crippen LogP contribution is -2.15. The first-order chi connectivity index (χ1) is 7.47. The number of hydrogen-bond donors (Lipinski definition) is 1.